The molecule has 1 atom stereocenters. The molecule has 170 valence electrons. The molecule has 6 nitrogen and oxygen atoms in total. The SMILES string of the molecule is COC(=O)c1ccc2c(c1)C(SCCNC(=O)OCc1ccccc1)c1ccccc1CO2. The van der Waals surface area contributed by atoms with E-state index in [2.05, 4.69) is 17.4 Å². The Labute approximate surface area is 197 Å². The van der Waals surface area contributed by atoms with Gasteiger partial charge in [-0.05, 0) is 34.9 Å². The summed E-state index contributed by atoms with van der Waals surface area (Å²) >= 11 is 1.68. The zero-order chi connectivity index (χ0) is 23.0. The molecule has 0 radical (unpaired) electrons. The van der Waals surface area contributed by atoms with Gasteiger partial charge in [0, 0.05) is 17.9 Å². The van der Waals surface area contributed by atoms with Crippen molar-refractivity contribution in [3.8, 4) is 5.75 Å². The Balaban J connectivity index is 1.43. The number of nitrogens with one attached hydrogen (secondary N) is 1. The number of carbonyl (C=O) groups is 2. The van der Waals surface area contributed by atoms with Gasteiger partial charge in [0.2, 0.25) is 0 Å². The fourth-order valence-corrected chi connectivity index (χ4v) is 4.89. The number of rotatable bonds is 7. The summed E-state index contributed by atoms with van der Waals surface area (Å²) in [6.07, 6.45) is -0.447. The predicted molar refractivity (Wildman–Crippen MR) is 127 cm³/mol. The lowest BCUT2D eigenvalue weighted by atomic mass is 9.98. The molecule has 4 rings (SSSR count). The zero-order valence-corrected chi connectivity index (χ0v) is 19.1. The number of fused-ring (bicyclic) bond motifs is 2. The first kappa shape index (κ1) is 22.7. The van der Waals surface area contributed by atoms with Gasteiger partial charge >= 0.3 is 12.1 Å². The Morgan fingerprint density at radius 2 is 1.82 bits per heavy atom. The monoisotopic (exact) mass is 463 g/mol. The summed E-state index contributed by atoms with van der Waals surface area (Å²) in [6.45, 7) is 1.14. The molecule has 33 heavy (non-hydrogen) atoms. The second-order valence-corrected chi connectivity index (χ2v) is 8.68. The van der Waals surface area contributed by atoms with E-state index in [9.17, 15) is 9.59 Å². The van der Waals surface area contributed by atoms with Gasteiger partial charge in [0.15, 0.2) is 0 Å². The summed E-state index contributed by atoms with van der Waals surface area (Å²) in [7, 11) is 1.37. The minimum absolute atomic E-state index is 0.0505. The van der Waals surface area contributed by atoms with Crippen molar-refractivity contribution < 1.29 is 23.8 Å². The fourth-order valence-electron chi connectivity index (χ4n) is 3.66. The van der Waals surface area contributed by atoms with Crippen LogP contribution in [0.3, 0.4) is 0 Å². The standard InChI is InChI=1S/C26H25NO5S/c1-30-25(28)19-11-12-23-22(15-19)24(21-10-6-5-9-20(21)17-31-23)33-14-13-27-26(29)32-16-18-7-3-2-4-8-18/h2-12,15,24H,13-14,16-17H2,1H3,(H,27,29). The number of methoxy groups -OCH3 is 1. The Hall–Kier alpha value is -3.45. The lowest BCUT2D eigenvalue weighted by molar-refractivity contribution is 0.0600. The second kappa shape index (κ2) is 10.9. The molecule has 1 amide bonds. The molecule has 0 spiro atoms. The lowest BCUT2D eigenvalue weighted by Gasteiger charge is -2.19. The van der Waals surface area contributed by atoms with Crippen LogP contribution in [0.4, 0.5) is 4.79 Å². The van der Waals surface area contributed by atoms with E-state index in [0.29, 0.717) is 24.5 Å². The van der Waals surface area contributed by atoms with E-state index in [1.54, 1.807) is 17.8 Å². The molecule has 0 fully saturated rings. The van der Waals surface area contributed by atoms with Crippen molar-refractivity contribution in [2.75, 3.05) is 19.4 Å². The molecule has 0 aliphatic carbocycles. The van der Waals surface area contributed by atoms with Crippen LogP contribution in [0.2, 0.25) is 0 Å². The minimum atomic E-state index is -0.447. The normalized spacial score (nSPS) is 14.2. The molecule has 0 saturated heterocycles. The van der Waals surface area contributed by atoms with Gasteiger partial charge < -0.3 is 19.5 Å². The van der Waals surface area contributed by atoms with Gasteiger partial charge in [-0.1, -0.05) is 54.6 Å². The molecular formula is C26H25NO5S. The van der Waals surface area contributed by atoms with Crippen LogP contribution in [-0.4, -0.2) is 31.5 Å². The van der Waals surface area contributed by atoms with Crippen molar-refractivity contribution in [3.05, 3.63) is 101 Å². The summed E-state index contributed by atoms with van der Waals surface area (Å²) in [5.41, 5.74) is 4.57. The van der Waals surface area contributed by atoms with Gasteiger partial charge in [0.05, 0.1) is 17.9 Å². The highest BCUT2D eigenvalue weighted by Gasteiger charge is 2.26. The van der Waals surface area contributed by atoms with Gasteiger partial charge in [0.25, 0.3) is 0 Å². The highest BCUT2D eigenvalue weighted by molar-refractivity contribution is 7.99. The number of esters is 1. The number of thioether (sulfide) groups is 1. The minimum Gasteiger partial charge on any atom is -0.489 e. The van der Waals surface area contributed by atoms with Crippen LogP contribution >= 0.6 is 11.8 Å². The van der Waals surface area contributed by atoms with Gasteiger partial charge in [-0.15, -0.1) is 11.8 Å². The molecule has 0 saturated carbocycles. The third-order valence-electron chi connectivity index (χ3n) is 5.30. The summed E-state index contributed by atoms with van der Waals surface area (Å²) in [5, 5.41) is 2.76. The summed E-state index contributed by atoms with van der Waals surface area (Å²) in [5.74, 6) is 1.01. The first-order chi connectivity index (χ1) is 16.2. The van der Waals surface area contributed by atoms with E-state index >= 15 is 0 Å². The van der Waals surface area contributed by atoms with Crippen LogP contribution in [0.25, 0.3) is 0 Å². The maximum absolute atomic E-state index is 12.1. The van der Waals surface area contributed by atoms with E-state index in [0.717, 1.165) is 28.0 Å². The number of hydrogen-bond acceptors (Lipinski definition) is 6. The third kappa shape index (κ3) is 5.68. The van der Waals surface area contributed by atoms with Crippen LogP contribution < -0.4 is 10.1 Å². The predicted octanol–water partition coefficient (Wildman–Crippen LogP) is 5.11. The molecule has 1 heterocycles. The third-order valence-corrected chi connectivity index (χ3v) is 6.58. The van der Waals surface area contributed by atoms with Crippen molar-refractivity contribution >= 4 is 23.8 Å². The molecule has 0 bridgehead atoms. The highest BCUT2D eigenvalue weighted by atomic mass is 32.2. The average Bonchev–Trinajstić information content (AvgIpc) is 3.02. The van der Waals surface area contributed by atoms with E-state index < -0.39 is 6.09 Å². The molecule has 0 aromatic heterocycles. The van der Waals surface area contributed by atoms with Crippen LogP contribution in [0.15, 0.2) is 72.8 Å². The molecule has 7 heteroatoms. The number of carbonyl (C=O) groups excluding carboxylic acids is 2. The number of amides is 1. The van der Waals surface area contributed by atoms with Gasteiger partial charge in [-0.3, -0.25) is 0 Å². The number of alkyl carbamates (subject to hydrolysis) is 1. The first-order valence-electron chi connectivity index (χ1n) is 10.6. The summed E-state index contributed by atoms with van der Waals surface area (Å²) < 4.78 is 16.2. The number of hydrogen-bond donors (Lipinski definition) is 1. The smallest absolute Gasteiger partial charge is 0.407 e. The van der Waals surface area contributed by atoms with Crippen LogP contribution in [-0.2, 0) is 22.7 Å². The molecule has 1 aliphatic rings. The summed E-state index contributed by atoms with van der Waals surface area (Å²) in [6, 6.07) is 23.1. The molecule has 3 aromatic rings. The van der Waals surface area contributed by atoms with Crippen molar-refractivity contribution in [2.24, 2.45) is 0 Å². The Kier molecular flexibility index (Phi) is 7.52. The summed E-state index contributed by atoms with van der Waals surface area (Å²) in [4.78, 5) is 24.2. The molecule has 3 aromatic carbocycles. The number of benzene rings is 3. The number of ether oxygens (including phenoxy) is 3. The van der Waals surface area contributed by atoms with E-state index in [-0.39, 0.29) is 17.8 Å². The van der Waals surface area contributed by atoms with Crippen LogP contribution in [0.5, 0.6) is 5.75 Å². The second-order valence-electron chi connectivity index (χ2n) is 7.47. The average molecular weight is 464 g/mol. The van der Waals surface area contributed by atoms with Crippen molar-refractivity contribution in [3.63, 3.8) is 0 Å². The van der Waals surface area contributed by atoms with Gasteiger partial charge in [-0.25, -0.2) is 9.59 Å². The van der Waals surface area contributed by atoms with Gasteiger partial charge in [0.1, 0.15) is 19.0 Å². The maximum Gasteiger partial charge on any atom is 0.407 e. The van der Waals surface area contributed by atoms with E-state index in [1.807, 2.05) is 54.6 Å². The van der Waals surface area contributed by atoms with E-state index in [4.69, 9.17) is 14.2 Å². The van der Waals surface area contributed by atoms with Crippen LogP contribution in [0.1, 0.15) is 37.9 Å². The maximum atomic E-state index is 12.1. The largest absolute Gasteiger partial charge is 0.489 e. The fraction of sp³-hybridized carbons (Fsp3) is 0.231. The van der Waals surface area contributed by atoms with Crippen molar-refractivity contribution in [1.82, 2.24) is 5.32 Å². The van der Waals surface area contributed by atoms with Crippen LogP contribution in [0, 0.1) is 0 Å². The Morgan fingerprint density at radius 3 is 2.64 bits per heavy atom. The van der Waals surface area contributed by atoms with Crippen molar-refractivity contribution in [2.45, 2.75) is 18.5 Å². The van der Waals surface area contributed by atoms with E-state index in [1.165, 1.54) is 7.11 Å². The zero-order valence-electron chi connectivity index (χ0n) is 18.3. The molecular weight excluding hydrogens is 438 g/mol. The van der Waals surface area contributed by atoms with Gasteiger partial charge in [-0.2, -0.15) is 0 Å². The first-order valence-corrected chi connectivity index (χ1v) is 11.7. The molecule has 1 aliphatic heterocycles. The quantitative estimate of drug-likeness (QED) is 0.388. The molecule has 1 unspecified atom stereocenters. The highest BCUT2D eigenvalue weighted by Crippen LogP contribution is 2.44. The topological polar surface area (TPSA) is 73.9 Å². The Morgan fingerprint density at radius 1 is 1.03 bits per heavy atom. The lowest BCUT2D eigenvalue weighted by Crippen LogP contribution is -2.26. The Bertz CT molecular complexity index is 1120. The molecule has 1 N–H and O–H groups in total. The van der Waals surface area contributed by atoms with Crippen molar-refractivity contribution in [1.29, 1.82) is 0 Å².